The lowest BCUT2D eigenvalue weighted by atomic mass is 10.0. The minimum absolute atomic E-state index is 0.0481. The molecular formula is C14H17ClFNO. The maximum atomic E-state index is 13.2. The van der Waals surface area contributed by atoms with E-state index in [0.717, 1.165) is 13.0 Å². The van der Waals surface area contributed by atoms with Crippen molar-refractivity contribution < 1.29 is 9.18 Å². The van der Waals surface area contributed by atoms with Gasteiger partial charge in [-0.3, -0.25) is 4.79 Å². The third kappa shape index (κ3) is 2.37. The quantitative estimate of drug-likeness (QED) is 0.755. The van der Waals surface area contributed by atoms with Crippen LogP contribution in [0.4, 0.5) is 4.39 Å². The largest absolute Gasteiger partial charge is 0.334 e. The van der Waals surface area contributed by atoms with Gasteiger partial charge in [0.15, 0.2) is 0 Å². The normalized spacial score (nSPS) is 23.4. The predicted molar refractivity (Wildman–Crippen MR) is 70.5 cm³/mol. The van der Waals surface area contributed by atoms with Crippen molar-refractivity contribution >= 4 is 17.5 Å². The Morgan fingerprint density at radius 1 is 1.56 bits per heavy atom. The van der Waals surface area contributed by atoms with E-state index in [9.17, 15) is 9.18 Å². The van der Waals surface area contributed by atoms with Gasteiger partial charge >= 0.3 is 0 Å². The summed E-state index contributed by atoms with van der Waals surface area (Å²) in [6.07, 6.45) is 0.975. The molecule has 1 aliphatic rings. The highest BCUT2D eigenvalue weighted by Gasteiger charge is 2.34. The molecule has 0 saturated carbocycles. The Labute approximate surface area is 112 Å². The van der Waals surface area contributed by atoms with Crippen molar-refractivity contribution in [2.45, 2.75) is 26.3 Å². The average Bonchev–Trinajstić information content (AvgIpc) is 2.73. The minimum atomic E-state index is -0.282. The van der Waals surface area contributed by atoms with Crippen LogP contribution in [0, 0.1) is 18.7 Å². The van der Waals surface area contributed by atoms with Gasteiger partial charge in [-0.2, -0.15) is 0 Å². The average molecular weight is 270 g/mol. The van der Waals surface area contributed by atoms with Gasteiger partial charge in [-0.25, -0.2) is 4.39 Å². The molecule has 1 heterocycles. The first-order valence-electron chi connectivity index (χ1n) is 6.17. The van der Waals surface area contributed by atoms with E-state index in [2.05, 4.69) is 6.92 Å². The summed E-state index contributed by atoms with van der Waals surface area (Å²) in [7, 11) is 0. The number of carbonyl (C=O) groups excluding carboxylic acids is 1. The predicted octanol–water partition coefficient (Wildman–Crippen LogP) is 3.22. The summed E-state index contributed by atoms with van der Waals surface area (Å²) in [5.41, 5.74) is 1.04. The minimum Gasteiger partial charge on any atom is -0.334 e. The van der Waals surface area contributed by atoms with E-state index in [-0.39, 0.29) is 17.8 Å². The molecule has 1 saturated heterocycles. The monoisotopic (exact) mass is 269 g/mol. The van der Waals surface area contributed by atoms with Crippen LogP contribution >= 0.6 is 11.6 Å². The van der Waals surface area contributed by atoms with E-state index in [0.29, 0.717) is 22.9 Å². The molecule has 18 heavy (non-hydrogen) atoms. The summed E-state index contributed by atoms with van der Waals surface area (Å²) < 4.78 is 13.2. The van der Waals surface area contributed by atoms with Crippen LogP contribution in [0.2, 0.25) is 0 Å². The lowest BCUT2D eigenvalue weighted by molar-refractivity contribution is 0.0737. The van der Waals surface area contributed by atoms with Crippen LogP contribution < -0.4 is 0 Å². The number of amides is 1. The van der Waals surface area contributed by atoms with Gasteiger partial charge in [-0.1, -0.05) is 6.92 Å². The van der Waals surface area contributed by atoms with E-state index < -0.39 is 0 Å². The van der Waals surface area contributed by atoms with Gasteiger partial charge in [0.25, 0.3) is 5.91 Å². The molecule has 2 unspecified atom stereocenters. The smallest absolute Gasteiger partial charge is 0.254 e. The topological polar surface area (TPSA) is 20.3 Å². The number of carbonyl (C=O) groups is 1. The van der Waals surface area contributed by atoms with Crippen LogP contribution in [-0.2, 0) is 0 Å². The second-order valence-corrected chi connectivity index (χ2v) is 5.26. The van der Waals surface area contributed by atoms with Crippen LogP contribution in [0.5, 0.6) is 0 Å². The Hall–Kier alpha value is -1.09. The van der Waals surface area contributed by atoms with Gasteiger partial charge in [0.1, 0.15) is 5.82 Å². The highest BCUT2D eigenvalue weighted by Crippen LogP contribution is 2.26. The van der Waals surface area contributed by atoms with E-state index in [1.54, 1.807) is 19.1 Å². The molecule has 0 radical (unpaired) electrons. The van der Waals surface area contributed by atoms with Crippen LogP contribution in [0.15, 0.2) is 18.2 Å². The Morgan fingerprint density at radius 2 is 2.28 bits per heavy atom. The van der Waals surface area contributed by atoms with Crippen molar-refractivity contribution in [2.75, 3.05) is 12.4 Å². The molecular weight excluding hydrogens is 253 g/mol. The fourth-order valence-corrected chi connectivity index (χ4v) is 2.91. The zero-order valence-electron chi connectivity index (χ0n) is 10.6. The molecule has 4 heteroatoms. The molecule has 1 aromatic rings. The second-order valence-electron chi connectivity index (χ2n) is 4.95. The fourth-order valence-electron chi connectivity index (χ4n) is 2.44. The number of aryl methyl sites for hydroxylation is 1. The van der Waals surface area contributed by atoms with Gasteiger partial charge < -0.3 is 4.90 Å². The summed E-state index contributed by atoms with van der Waals surface area (Å²) in [6.45, 7) is 4.50. The molecule has 0 aliphatic carbocycles. The van der Waals surface area contributed by atoms with Crippen LogP contribution in [-0.4, -0.2) is 29.3 Å². The fraction of sp³-hybridized carbons (Fsp3) is 0.500. The molecule has 1 aliphatic heterocycles. The summed E-state index contributed by atoms with van der Waals surface area (Å²) >= 11 is 5.93. The summed E-state index contributed by atoms with van der Waals surface area (Å²) in [5, 5.41) is 0. The number of likely N-dealkylation sites (tertiary alicyclic amines) is 1. The number of hydrogen-bond acceptors (Lipinski definition) is 1. The first kappa shape index (κ1) is 13.3. The number of hydrogen-bond donors (Lipinski definition) is 0. The van der Waals surface area contributed by atoms with Crippen molar-refractivity contribution in [1.82, 2.24) is 4.90 Å². The van der Waals surface area contributed by atoms with E-state index in [1.807, 2.05) is 4.90 Å². The van der Waals surface area contributed by atoms with Crippen molar-refractivity contribution in [2.24, 2.45) is 5.92 Å². The lowest BCUT2D eigenvalue weighted by Gasteiger charge is -2.25. The highest BCUT2D eigenvalue weighted by atomic mass is 35.5. The third-order valence-corrected chi connectivity index (χ3v) is 4.02. The molecule has 2 nitrogen and oxygen atoms in total. The Bertz CT molecular complexity index is 463. The van der Waals surface area contributed by atoms with Crippen LogP contribution in [0.3, 0.4) is 0 Å². The summed E-state index contributed by atoms with van der Waals surface area (Å²) in [5.74, 6) is 0.545. The molecule has 1 fully saturated rings. The molecule has 0 N–H and O–H groups in total. The number of halogens is 2. The Balaban J connectivity index is 2.23. The van der Waals surface area contributed by atoms with Crippen molar-refractivity contribution in [3.8, 4) is 0 Å². The number of benzene rings is 1. The first-order chi connectivity index (χ1) is 8.54. The SMILES string of the molecule is Cc1cc(C(=O)N2CCC(C)C2CCl)ccc1F. The summed E-state index contributed by atoms with van der Waals surface area (Å²) in [6, 6.07) is 4.58. The molecule has 1 aromatic carbocycles. The van der Waals surface area contributed by atoms with E-state index >= 15 is 0 Å². The molecule has 98 valence electrons. The molecule has 0 bridgehead atoms. The second kappa shape index (κ2) is 5.27. The standard InChI is InChI=1S/C14H17ClFNO/c1-9-5-6-17(13(9)8-15)14(18)11-3-4-12(16)10(2)7-11/h3-4,7,9,13H,5-6,8H2,1-2H3. The van der Waals surface area contributed by atoms with Gasteiger partial charge in [0.05, 0.1) is 0 Å². The maximum Gasteiger partial charge on any atom is 0.254 e. The molecule has 2 rings (SSSR count). The van der Waals surface area contributed by atoms with Crippen molar-refractivity contribution in [3.05, 3.63) is 35.1 Å². The highest BCUT2D eigenvalue weighted by molar-refractivity contribution is 6.18. The van der Waals surface area contributed by atoms with E-state index in [1.165, 1.54) is 6.07 Å². The molecule has 1 amide bonds. The number of nitrogens with zero attached hydrogens (tertiary/aromatic N) is 1. The molecule has 0 spiro atoms. The van der Waals surface area contributed by atoms with Crippen LogP contribution in [0.25, 0.3) is 0 Å². The van der Waals surface area contributed by atoms with Gasteiger partial charge in [-0.05, 0) is 43.0 Å². The van der Waals surface area contributed by atoms with Crippen LogP contribution in [0.1, 0.15) is 29.3 Å². The zero-order valence-corrected chi connectivity index (χ0v) is 11.4. The number of alkyl halides is 1. The molecule has 2 atom stereocenters. The van der Waals surface area contributed by atoms with Gasteiger partial charge in [-0.15, -0.1) is 11.6 Å². The summed E-state index contributed by atoms with van der Waals surface area (Å²) in [4.78, 5) is 14.2. The van der Waals surface area contributed by atoms with Gasteiger partial charge in [0.2, 0.25) is 0 Å². The third-order valence-electron chi connectivity index (χ3n) is 3.71. The zero-order chi connectivity index (χ0) is 13.3. The van der Waals surface area contributed by atoms with E-state index in [4.69, 9.17) is 11.6 Å². The Kier molecular flexibility index (Phi) is 3.91. The lowest BCUT2D eigenvalue weighted by Crippen LogP contribution is -2.38. The van der Waals surface area contributed by atoms with Crippen molar-refractivity contribution in [3.63, 3.8) is 0 Å². The maximum absolute atomic E-state index is 13.2. The number of rotatable bonds is 2. The van der Waals surface area contributed by atoms with Gasteiger partial charge in [0, 0.05) is 24.0 Å². The molecule has 0 aromatic heterocycles. The first-order valence-corrected chi connectivity index (χ1v) is 6.71. The van der Waals surface area contributed by atoms with Crippen molar-refractivity contribution in [1.29, 1.82) is 0 Å². The Morgan fingerprint density at radius 3 is 2.89 bits per heavy atom.